The number of carbonyl (C=O) groups is 2. The van der Waals surface area contributed by atoms with Crippen molar-refractivity contribution >= 4 is 40.6 Å². The summed E-state index contributed by atoms with van der Waals surface area (Å²) in [6, 6.07) is 10.2. The first-order valence-electron chi connectivity index (χ1n) is 8.91. The van der Waals surface area contributed by atoms with E-state index in [0.29, 0.717) is 37.6 Å². The predicted molar refractivity (Wildman–Crippen MR) is 111 cm³/mol. The van der Waals surface area contributed by atoms with E-state index in [2.05, 4.69) is 15.5 Å². The van der Waals surface area contributed by atoms with Crippen molar-refractivity contribution in [3.63, 3.8) is 0 Å². The number of esters is 1. The summed E-state index contributed by atoms with van der Waals surface area (Å²) in [6.07, 6.45) is 0. The van der Waals surface area contributed by atoms with Crippen LogP contribution in [0.5, 0.6) is 0 Å². The third-order valence-corrected chi connectivity index (χ3v) is 4.56. The fourth-order valence-corrected chi connectivity index (χ4v) is 3.09. The number of thiocarbonyl (C=S) groups is 1. The van der Waals surface area contributed by atoms with Crippen molar-refractivity contribution in [1.29, 1.82) is 0 Å². The summed E-state index contributed by atoms with van der Waals surface area (Å²) in [5, 5.41) is 5.58. The van der Waals surface area contributed by atoms with Crippen LogP contribution in [0.4, 0.5) is 15.8 Å². The summed E-state index contributed by atoms with van der Waals surface area (Å²) in [6.45, 7) is 2.54. The second kappa shape index (κ2) is 9.44. The molecular formula is C20H20FN3O4S. The van der Waals surface area contributed by atoms with E-state index in [0.717, 1.165) is 5.69 Å². The third kappa shape index (κ3) is 5.27. The molecule has 0 unspecified atom stereocenters. The normalized spacial score (nSPS) is 13.5. The molecule has 0 radical (unpaired) electrons. The van der Waals surface area contributed by atoms with Crippen LogP contribution in [-0.2, 0) is 9.47 Å². The standard InChI is InChI=1S/C20H20FN3O4S/c1-27-19(26)14-4-7-17(24-8-10-28-11-9-24)16(12-14)22-20(29)23-18(25)13-2-5-15(21)6-3-13/h2-7,12H,8-11H2,1H3,(H2,22,23,25,29). The Hall–Kier alpha value is -3.04. The van der Waals surface area contributed by atoms with Gasteiger partial charge in [-0.2, -0.15) is 0 Å². The molecule has 1 aliphatic heterocycles. The molecule has 1 amide bonds. The number of rotatable bonds is 4. The van der Waals surface area contributed by atoms with Gasteiger partial charge in [-0.1, -0.05) is 0 Å². The van der Waals surface area contributed by atoms with Gasteiger partial charge in [0.15, 0.2) is 5.11 Å². The smallest absolute Gasteiger partial charge is 0.337 e. The number of hydrogen-bond acceptors (Lipinski definition) is 6. The maximum absolute atomic E-state index is 13.0. The zero-order chi connectivity index (χ0) is 20.8. The molecule has 7 nitrogen and oxygen atoms in total. The number of halogens is 1. The Labute approximate surface area is 172 Å². The molecule has 0 atom stereocenters. The molecule has 152 valence electrons. The highest BCUT2D eigenvalue weighted by atomic mass is 32.1. The van der Waals surface area contributed by atoms with Crippen molar-refractivity contribution in [2.45, 2.75) is 0 Å². The van der Waals surface area contributed by atoms with Gasteiger partial charge in [0.25, 0.3) is 5.91 Å². The number of methoxy groups -OCH3 is 1. The van der Waals surface area contributed by atoms with Crippen LogP contribution in [0.1, 0.15) is 20.7 Å². The first-order chi connectivity index (χ1) is 14.0. The zero-order valence-corrected chi connectivity index (χ0v) is 16.6. The summed E-state index contributed by atoms with van der Waals surface area (Å²) >= 11 is 5.26. The molecule has 1 aliphatic rings. The SMILES string of the molecule is COC(=O)c1ccc(N2CCOCC2)c(NC(=S)NC(=O)c2ccc(F)cc2)c1. The molecule has 0 spiro atoms. The monoisotopic (exact) mass is 417 g/mol. The van der Waals surface area contributed by atoms with Crippen LogP contribution in [0.25, 0.3) is 0 Å². The van der Waals surface area contributed by atoms with Crippen LogP contribution in [0.2, 0.25) is 0 Å². The van der Waals surface area contributed by atoms with Gasteiger partial charge in [-0.25, -0.2) is 9.18 Å². The van der Waals surface area contributed by atoms with Gasteiger partial charge in [-0.3, -0.25) is 10.1 Å². The summed E-state index contributed by atoms with van der Waals surface area (Å²) in [4.78, 5) is 26.3. The van der Waals surface area contributed by atoms with Gasteiger partial charge in [-0.05, 0) is 54.7 Å². The Kier molecular flexibility index (Phi) is 6.73. The number of morpholine rings is 1. The van der Waals surface area contributed by atoms with Gasteiger partial charge in [-0.15, -0.1) is 0 Å². The third-order valence-electron chi connectivity index (χ3n) is 4.35. The first kappa shape index (κ1) is 20.7. The predicted octanol–water partition coefficient (Wildman–Crippen LogP) is 2.58. The number of benzene rings is 2. The fraction of sp³-hybridized carbons (Fsp3) is 0.250. The van der Waals surface area contributed by atoms with E-state index >= 15 is 0 Å². The van der Waals surface area contributed by atoms with Crippen molar-refractivity contribution in [3.8, 4) is 0 Å². The number of nitrogens with one attached hydrogen (secondary N) is 2. The zero-order valence-electron chi connectivity index (χ0n) is 15.7. The Morgan fingerprint density at radius 3 is 2.41 bits per heavy atom. The summed E-state index contributed by atoms with van der Waals surface area (Å²) < 4.78 is 23.2. The number of carbonyl (C=O) groups excluding carboxylic acids is 2. The van der Waals surface area contributed by atoms with E-state index in [-0.39, 0.29) is 10.7 Å². The lowest BCUT2D eigenvalue weighted by molar-refractivity contribution is 0.0600. The van der Waals surface area contributed by atoms with Gasteiger partial charge < -0.3 is 19.7 Å². The highest BCUT2D eigenvalue weighted by molar-refractivity contribution is 7.80. The molecule has 1 heterocycles. The second-order valence-electron chi connectivity index (χ2n) is 6.24. The van der Waals surface area contributed by atoms with Crippen molar-refractivity contribution in [1.82, 2.24) is 5.32 Å². The lowest BCUT2D eigenvalue weighted by Gasteiger charge is -2.31. The Morgan fingerprint density at radius 2 is 1.76 bits per heavy atom. The van der Waals surface area contributed by atoms with E-state index in [9.17, 15) is 14.0 Å². The molecule has 0 aliphatic carbocycles. The molecule has 1 fully saturated rings. The molecule has 9 heteroatoms. The van der Waals surface area contributed by atoms with Crippen molar-refractivity contribution in [2.75, 3.05) is 43.6 Å². The Balaban J connectivity index is 1.79. The average Bonchev–Trinajstić information content (AvgIpc) is 2.74. The highest BCUT2D eigenvalue weighted by Crippen LogP contribution is 2.28. The number of amides is 1. The molecule has 2 N–H and O–H groups in total. The maximum Gasteiger partial charge on any atom is 0.337 e. The topological polar surface area (TPSA) is 79.9 Å². The molecule has 0 aromatic heterocycles. The summed E-state index contributed by atoms with van der Waals surface area (Å²) in [5.74, 6) is -1.39. The fourth-order valence-electron chi connectivity index (χ4n) is 2.89. The minimum atomic E-state index is -0.483. The van der Waals surface area contributed by atoms with Crippen LogP contribution in [-0.4, -0.2) is 50.4 Å². The summed E-state index contributed by atoms with van der Waals surface area (Å²) in [5.41, 5.74) is 1.99. The number of nitrogens with zero attached hydrogens (tertiary/aromatic N) is 1. The largest absolute Gasteiger partial charge is 0.465 e. The average molecular weight is 417 g/mol. The summed E-state index contributed by atoms with van der Waals surface area (Å²) in [7, 11) is 1.30. The minimum absolute atomic E-state index is 0.0517. The Morgan fingerprint density at radius 1 is 1.10 bits per heavy atom. The highest BCUT2D eigenvalue weighted by Gasteiger charge is 2.18. The van der Waals surface area contributed by atoms with Crippen molar-refractivity contribution < 1.29 is 23.5 Å². The Bertz CT molecular complexity index is 914. The van der Waals surface area contributed by atoms with Crippen LogP contribution in [0.3, 0.4) is 0 Å². The maximum atomic E-state index is 13.0. The molecule has 3 rings (SSSR count). The second-order valence-corrected chi connectivity index (χ2v) is 6.65. The molecule has 29 heavy (non-hydrogen) atoms. The molecule has 1 saturated heterocycles. The quantitative estimate of drug-likeness (QED) is 0.585. The van der Waals surface area contributed by atoms with Gasteiger partial charge in [0, 0.05) is 18.7 Å². The number of ether oxygens (including phenoxy) is 2. The minimum Gasteiger partial charge on any atom is -0.465 e. The number of hydrogen-bond donors (Lipinski definition) is 2. The van der Waals surface area contributed by atoms with E-state index in [1.54, 1.807) is 18.2 Å². The van der Waals surface area contributed by atoms with Crippen LogP contribution in [0.15, 0.2) is 42.5 Å². The molecule has 2 aromatic rings. The van der Waals surface area contributed by atoms with Crippen LogP contribution < -0.4 is 15.5 Å². The van der Waals surface area contributed by atoms with E-state index in [1.165, 1.54) is 31.4 Å². The molecule has 2 aromatic carbocycles. The number of anilines is 2. The van der Waals surface area contributed by atoms with E-state index < -0.39 is 17.7 Å². The van der Waals surface area contributed by atoms with Gasteiger partial charge in [0.1, 0.15) is 5.82 Å². The molecule has 0 saturated carbocycles. The van der Waals surface area contributed by atoms with Gasteiger partial charge >= 0.3 is 5.97 Å². The van der Waals surface area contributed by atoms with Gasteiger partial charge in [0.2, 0.25) is 0 Å². The molecule has 0 bridgehead atoms. The lowest BCUT2D eigenvalue weighted by Crippen LogP contribution is -2.38. The van der Waals surface area contributed by atoms with E-state index in [4.69, 9.17) is 21.7 Å². The van der Waals surface area contributed by atoms with Crippen LogP contribution >= 0.6 is 12.2 Å². The van der Waals surface area contributed by atoms with Gasteiger partial charge in [0.05, 0.1) is 37.3 Å². The lowest BCUT2D eigenvalue weighted by atomic mass is 10.1. The molecular weight excluding hydrogens is 397 g/mol. The van der Waals surface area contributed by atoms with Crippen LogP contribution in [0, 0.1) is 5.82 Å². The van der Waals surface area contributed by atoms with Crippen molar-refractivity contribution in [2.24, 2.45) is 0 Å². The van der Waals surface area contributed by atoms with Crippen molar-refractivity contribution in [3.05, 3.63) is 59.4 Å². The first-order valence-corrected chi connectivity index (χ1v) is 9.31. The van der Waals surface area contributed by atoms with E-state index in [1.807, 2.05) is 0 Å².